The number of carbonyl (C=O) groups is 1. The second-order valence-electron chi connectivity index (χ2n) is 9.37. The van der Waals surface area contributed by atoms with Crippen molar-refractivity contribution in [2.24, 2.45) is 17.4 Å². The minimum absolute atomic E-state index is 0.153. The zero-order chi connectivity index (χ0) is 23.4. The Morgan fingerprint density at radius 2 is 1.91 bits per heavy atom. The van der Waals surface area contributed by atoms with E-state index in [1.54, 1.807) is 12.4 Å². The van der Waals surface area contributed by atoms with Crippen molar-refractivity contribution in [3.63, 3.8) is 0 Å². The molecule has 11 heteroatoms. The van der Waals surface area contributed by atoms with Crippen molar-refractivity contribution in [3.05, 3.63) is 18.5 Å². The lowest BCUT2D eigenvalue weighted by Crippen LogP contribution is -2.64. The van der Waals surface area contributed by atoms with Gasteiger partial charge in [-0.3, -0.25) is 20.4 Å². The largest absolute Gasteiger partial charge is 0.373 e. The van der Waals surface area contributed by atoms with Gasteiger partial charge < -0.3 is 31.3 Å². The van der Waals surface area contributed by atoms with Gasteiger partial charge in [0.2, 0.25) is 5.91 Å². The number of nitrogens with two attached hydrogens (primary N) is 2. The summed E-state index contributed by atoms with van der Waals surface area (Å²) in [5.74, 6) is -1.10. The quantitative estimate of drug-likeness (QED) is 0.336. The summed E-state index contributed by atoms with van der Waals surface area (Å²) in [7, 11) is 2.13. The standard InChI is InChI=1S/C22H37FN8O2/c1-30-7-3-16(13-30)33-15-4-8-31(9-5-15)18-2-6-26-12-17(18)29-22(32)19(20(24)25)21-27-10-14(23)11-28-21/h2,6,12,14-16,19-21,27-28H,3-5,7-11,13,24-25H2,1H3,(H,29,32)/t14?,16-,19?,21?/m1/s1. The summed E-state index contributed by atoms with van der Waals surface area (Å²) in [6.07, 6.45) is 4.51. The Kier molecular flexibility index (Phi) is 8.10. The predicted molar refractivity (Wildman–Crippen MR) is 125 cm³/mol. The summed E-state index contributed by atoms with van der Waals surface area (Å²) < 4.78 is 19.8. The molecular formula is C22H37FN8O2. The summed E-state index contributed by atoms with van der Waals surface area (Å²) in [5.41, 5.74) is 13.4. The molecule has 0 bridgehead atoms. The molecule has 1 amide bonds. The van der Waals surface area contributed by atoms with E-state index in [0.717, 1.165) is 51.1 Å². The molecule has 7 N–H and O–H groups in total. The first-order chi connectivity index (χ1) is 15.9. The highest BCUT2D eigenvalue weighted by Crippen LogP contribution is 2.29. The number of anilines is 2. The van der Waals surface area contributed by atoms with Crippen LogP contribution in [0.4, 0.5) is 15.8 Å². The predicted octanol–water partition coefficient (Wildman–Crippen LogP) is -0.574. The Hall–Kier alpha value is -1.89. The normalized spacial score (nSPS) is 28.3. The van der Waals surface area contributed by atoms with Crippen molar-refractivity contribution in [1.82, 2.24) is 20.5 Å². The van der Waals surface area contributed by atoms with Gasteiger partial charge in [-0.15, -0.1) is 0 Å². The molecule has 0 saturated carbocycles. The van der Waals surface area contributed by atoms with E-state index in [4.69, 9.17) is 16.2 Å². The lowest BCUT2D eigenvalue weighted by molar-refractivity contribution is -0.122. The van der Waals surface area contributed by atoms with Crippen LogP contribution < -0.4 is 32.3 Å². The Morgan fingerprint density at radius 1 is 1.21 bits per heavy atom. The number of halogens is 1. The Morgan fingerprint density at radius 3 is 2.55 bits per heavy atom. The zero-order valence-electron chi connectivity index (χ0n) is 19.3. The fourth-order valence-corrected chi connectivity index (χ4v) is 4.94. The fraction of sp³-hybridized carbons (Fsp3) is 0.727. The summed E-state index contributed by atoms with van der Waals surface area (Å²) in [6.45, 7) is 4.08. The highest BCUT2D eigenvalue weighted by Gasteiger charge is 2.35. The van der Waals surface area contributed by atoms with Crippen molar-refractivity contribution in [1.29, 1.82) is 0 Å². The Labute approximate surface area is 194 Å². The van der Waals surface area contributed by atoms with E-state index in [9.17, 15) is 9.18 Å². The number of pyridine rings is 1. The first-order valence-electron chi connectivity index (χ1n) is 11.9. The molecule has 1 aromatic rings. The molecular weight excluding hydrogens is 427 g/mol. The Balaban J connectivity index is 1.36. The number of nitrogens with one attached hydrogen (secondary N) is 3. The summed E-state index contributed by atoms with van der Waals surface area (Å²) in [5, 5.41) is 8.92. The first-order valence-corrected chi connectivity index (χ1v) is 11.9. The summed E-state index contributed by atoms with van der Waals surface area (Å²) in [6, 6.07) is 1.91. The van der Waals surface area contributed by atoms with Crippen LogP contribution in [0.15, 0.2) is 18.5 Å². The molecule has 4 rings (SSSR count). The van der Waals surface area contributed by atoms with Crippen LogP contribution in [-0.4, -0.2) is 92.8 Å². The SMILES string of the molecule is CN1CC[C@@H](OC2CCN(c3ccncc3NC(=O)C(C(N)N)C3NCC(F)CN3)CC2)C1. The van der Waals surface area contributed by atoms with Crippen LogP contribution in [0.5, 0.6) is 0 Å². The van der Waals surface area contributed by atoms with Gasteiger partial charge in [0.15, 0.2) is 0 Å². The van der Waals surface area contributed by atoms with Gasteiger partial charge in [0.05, 0.1) is 48.0 Å². The molecule has 184 valence electrons. The lowest BCUT2D eigenvalue weighted by Gasteiger charge is -2.36. The van der Waals surface area contributed by atoms with Gasteiger partial charge in [0.25, 0.3) is 0 Å². The monoisotopic (exact) mass is 464 g/mol. The molecule has 10 nitrogen and oxygen atoms in total. The molecule has 0 aliphatic carbocycles. The molecule has 3 aliphatic rings. The number of hydrogen-bond donors (Lipinski definition) is 5. The second kappa shape index (κ2) is 11.0. The van der Waals surface area contributed by atoms with Crippen molar-refractivity contribution in [2.75, 3.05) is 56.5 Å². The molecule has 3 saturated heterocycles. The van der Waals surface area contributed by atoms with E-state index in [0.29, 0.717) is 11.8 Å². The lowest BCUT2D eigenvalue weighted by atomic mass is 9.99. The molecule has 33 heavy (non-hydrogen) atoms. The number of alkyl halides is 1. The fourth-order valence-electron chi connectivity index (χ4n) is 4.94. The number of ether oxygens (including phenoxy) is 1. The smallest absolute Gasteiger partial charge is 0.233 e. The van der Waals surface area contributed by atoms with Crippen LogP contribution in [-0.2, 0) is 9.53 Å². The number of nitrogens with zero attached hydrogens (tertiary/aromatic N) is 3. The van der Waals surface area contributed by atoms with E-state index in [1.165, 1.54) is 0 Å². The van der Waals surface area contributed by atoms with Gasteiger partial charge in [-0.25, -0.2) is 4.39 Å². The van der Waals surface area contributed by atoms with Gasteiger partial charge in [-0.05, 0) is 32.4 Å². The van der Waals surface area contributed by atoms with Crippen LogP contribution in [0.25, 0.3) is 0 Å². The number of amides is 1. The number of likely N-dealkylation sites (tertiary alicyclic amines) is 1. The number of carbonyl (C=O) groups excluding carboxylic acids is 1. The maximum atomic E-state index is 13.5. The molecule has 4 heterocycles. The second-order valence-corrected chi connectivity index (χ2v) is 9.37. The van der Waals surface area contributed by atoms with Crippen LogP contribution >= 0.6 is 0 Å². The average molecular weight is 465 g/mol. The zero-order valence-corrected chi connectivity index (χ0v) is 19.3. The highest BCUT2D eigenvalue weighted by molar-refractivity contribution is 5.96. The van der Waals surface area contributed by atoms with E-state index in [2.05, 4.69) is 37.8 Å². The molecule has 3 fully saturated rings. The number of likely N-dealkylation sites (N-methyl/N-ethyl adjacent to an activating group) is 1. The Bertz CT molecular complexity index is 783. The third kappa shape index (κ3) is 6.17. The molecule has 0 radical (unpaired) electrons. The molecule has 1 unspecified atom stereocenters. The molecule has 2 atom stereocenters. The van der Waals surface area contributed by atoms with Gasteiger partial charge >= 0.3 is 0 Å². The number of aromatic nitrogens is 1. The minimum Gasteiger partial charge on any atom is -0.373 e. The minimum atomic E-state index is -1.01. The molecule has 3 aliphatic heterocycles. The van der Waals surface area contributed by atoms with Gasteiger partial charge in [0, 0.05) is 45.5 Å². The van der Waals surface area contributed by atoms with Gasteiger partial charge in [0.1, 0.15) is 6.17 Å². The third-order valence-corrected chi connectivity index (χ3v) is 6.77. The van der Waals surface area contributed by atoms with Crippen molar-refractivity contribution < 1.29 is 13.9 Å². The topological polar surface area (TPSA) is 134 Å². The summed E-state index contributed by atoms with van der Waals surface area (Å²) >= 11 is 0. The number of piperidine rings is 1. The first kappa shape index (κ1) is 24.2. The van der Waals surface area contributed by atoms with Gasteiger partial charge in [-0.1, -0.05) is 0 Å². The van der Waals surface area contributed by atoms with Crippen molar-refractivity contribution in [2.45, 2.75) is 50.0 Å². The maximum Gasteiger partial charge on any atom is 0.233 e. The van der Waals surface area contributed by atoms with Gasteiger partial charge in [-0.2, -0.15) is 0 Å². The summed E-state index contributed by atoms with van der Waals surface area (Å²) in [4.78, 5) is 21.9. The van der Waals surface area contributed by atoms with Crippen LogP contribution in [0.2, 0.25) is 0 Å². The van der Waals surface area contributed by atoms with Crippen molar-refractivity contribution >= 4 is 17.3 Å². The van der Waals surface area contributed by atoms with Crippen LogP contribution in [0.1, 0.15) is 19.3 Å². The third-order valence-electron chi connectivity index (χ3n) is 6.77. The number of rotatable bonds is 7. The molecule has 0 aromatic carbocycles. The average Bonchev–Trinajstić information content (AvgIpc) is 3.20. The van der Waals surface area contributed by atoms with E-state index >= 15 is 0 Å². The molecule has 0 spiro atoms. The van der Waals surface area contributed by atoms with E-state index in [-0.39, 0.29) is 25.1 Å². The van der Waals surface area contributed by atoms with E-state index in [1.807, 2.05) is 6.07 Å². The maximum absolute atomic E-state index is 13.5. The number of hydrogen-bond acceptors (Lipinski definition) is 9. The van der Waals surface area contributed by atoms with Crippen molar-refractivity contribution in [3.8, 4) is 0 Å². The molecule has 1 aromatic heterocycles. The highest BCUT2D eigenvalue weighted by atomic mass is 19.1. The van der Waals surface area contributed by atoms with E-state index < -0.39 is 24.4 Å². The van der Waals surface area contributed by atoms with Crippen LogP contribution in [0, 0.1) is 5.92 Å². The van der Waals surface area contributed by atoms with Crippen LogP contribution in [0.3, 0.4) is 0 Å².